The molecule has 0 spiro atoms. The quantitative estimate of drug-likeness (QED) is 0.559. The smallest absolute Gasteiger partial charge is 0.321 e. The van der Waals surface area contributed by atoms with E-state index in [1.54, 1.807) is 12.1 Å². The van der Waals surface area contributed by atoms with Crippen LogP contribution < -0.4 is 5.73 Å². The first-order chi connectivity index (χ1) is 6.52. The van der Waals surface area contributed by atoms with E-state index in [1.807, 2.05) is 0 Å². The summed E-state index contributed by atoms with van der Waals surface area (Å²) in [4.78, 5) is 10.6. The molecule has 0 amide bonds. The van der Waals surface area contributed by atoms with Gasteiger partial charge in [-0.15, -0.1) is 0 Å². The Kier molecular flexibility index (Phi) is 3.38. The zero-order valence-electron chi connectivity index (χ0n) is 7.29. The number of benzene rings is 1. The molecule has 2 atom stereocenters. The third kappa shape index (κ3) is 2.40. The number of carboxylic acids is 1. The van der Waals surface area contributed by atoms with Crippen molar-refractivity contribution in [3.8, 4) is 5.75 Å². The maximum absolute atomic E-state index is 10.6. The summed E-state index contributed by atoms with van der Waals surface area (Å²) < 4.78 is 0. The number of aromatic hydroxyl groups is 1. The predicted molar refractivity (Wildman–Crippen MR) is 55.4 cm³/mol. The van der Waals surface area contributed by atoms with Gasteiger partial charge in [0.15, 0.2) is 0 Å². The Balaban J connectivity index is 2.84. The number of hydrogen-bond donors (Lipinski definition) is 4. The summed E-state index contributed by atoms with van der Waals surface area (Å²) in [5.41, 5.74) is 6.06. The van der Waals surface area contributed by atoms with Crippen molar-refractivity contribution >= 4 is 18.6 Å². The molecule has 0 aliphatic rings. The van der Waals surface area contributed by atoms with Gasteiger partial charge in [0.1, 0.15) is 11.8 Å². The Morgan fingerprint density at radius 3 is 2.29 bits per heavy atom. The Morgan fingerprint density at radius 1 is 1.36 bits per heavy atom. The van der Waals surface area contributed by atoms with E-state index in [9.17, 15) is 4.79 Å². The van der Waals surface area contributed by atoms with Crippen molar-refractivity contribution in [1.82, 2.24) is 0 Å². The van der Waals surface area contributed by atoms with E-state index >= 15 is 0 Å². The first kappa shape index (κ1) is 10.9. The molecule has 0 aliphatic carbocycles. The van der Waals surface area contributed by atoms with E-state index in [1.165, 1.54) is 12.1 Å². The van der Waals surface area contributed by atoms with E-state index in [2.05, 4.69) is 12.6 Å². The molecule has 1 aromatic carbocycles. The van der Waals surface area contributed by atoms with E-state index in [4.69, 9.17) is 15.9 Å². The van der Waals surface area contributed by atoms with Crippen molar-refractivity contribution in [2.75, 3.05) is 0 Å². The topological polar surface area (TPSA) is 83.6 Å². The predicted octanol–water partition coefficient (Wildman–Crippen LogP) is 0.775. The molecule has 0 saturated carbocycles. The minimum atomic E-state index is -1.10. The van der Waals surface area contributed by atoms with E-state index in [0.717, 1.165) is 0 Å². The fraction of sp³-hybridized carbons (Fsp3) is 0.222. The molecule has 5 heteroatoms. The second-order valence-corrected chi connectivity index (χ2v) is 3.46. The lowest BCUT2D eigenvalue weighted by Gasteiger charge is -2.15. The first-order valence-corrected chi connectivity index (χ1v) is 4.49. The van der Waals surface area contributed by atoms with Crippen LogP contribution in [-0.4, -0.2) is 22.2 Å². The van der Waals surface area contributed by atoms with Crippen LogP contribution in [0.15, 0.2) is 24.3 Å². The largest absolute Gasteiger partial charge is 0.508 e. The highest BCUT2D eigenvalue weighted by Gasteiger charge is 2.22. The average molecular weight is 213 g/mol. The number of phenolic OH excluding ortho intramolecular Hbond substituents is 1. The molecule has 1 rings (SSSR count). The molecule has 0 bridgehead atoms. The molecule has 1 aromatic rings. The monoisotopic (exact) mass is 213 g/mol. The highest BCUT2D eigenvalue weighted by Crippen LogP contribution is 2.24. The minimum absolute atomic E-state index is 0.123. The molecule has 0 aliphatic heterocycles. The van der Waals surface area contributed by atoms with Crippen LogP contribution in [0.4, 0.5) is 0 Å². The third-order valence-corrected chi connectivity index (χ3v) is 2.48. The van der Waals surface area contributed by atoms with Crippen molar-refractivity contribution in [3.63, 3.8) is 0 Å². The van der Waals surface area contributed by atoms with E-state index in [-0.39, 0.29) is 5.75 Å². The molecule has 1 unspecified atom stereocenters. The van der Waals surface area contributed by atoms with Gasteiger partial charge in [0.25, 0.3) is 0 Å². The SMILES string of the molecule is N[C@H](C(=O)O)C(S)c1ccc(O)cc1. The molecular formula is C9H11NO3S. The Labute approximate surface area is 86.8 Å². The Hall–Kier alpha value is -1.20. The standard InChI is InChI=1S/C9H11NO3S/c10-7(9(12)13)8(14)5-1-3-6(11)4-2-5/h1-4,7-8,11,14H,10H2,(H,12,13)/t7-,8?/m0/s1. The number of nitrogens with two attached hydrogens (primary N) is 1. The molecule has 0 radical (unpaired) electrons. The number of rotatable bonds is 3. The number of carboxylic acid groups (broad SMARTS) is 1. The third-order valence-electron chi connectivity index (χ3n) is 1.86. The van der Waals surface area contributed by atoms with Gasteiger partial charge in [-0.3, -0.25) is 4.79 Å². The number of carbonyl (C=O) groups is 1. The highest BCUT2D eigenvalue weighted by atomic mass is 32.1. The van der Waals surface area contributed by atoms with E-state index in [0.29, 0.717) is 5.56 Å². The zero-order chi connectivity index (χ0) is 10.7. The van der Waals surface area contributed by atoms with Gasteiger partial charge in [-0.25, -0.2) is 0 Å². The minimum Gasteiger partial charge on any atom is -0.508 e. The number of aliphatic carboxylic acids is 1. The second kappa shape index (κ2) is 4.34. The molecule has 0 saturated heterocycles. The Morgan fingerprint density at radius 2 is 1.86 bits per heavy atom. The summed E-state index contributed by atoms with van der Waals surface area (Å²) in [7, 11) is 0. The van der Waals surface area contributed by atoms with Gasteiger partial charge in [-0.05, 0) is 17.7 Å². The summed E-state index contributed by atoms with van der Waals surface area (Å²) >= 11 is 4.10. The maximum Gasteiger partial charge on any atom is 0.321 e. The van der Waals surface area contributed by atoms with Crippen molar-refractivity contribution in [1.29, 1.82) is 0 Å². The van der Waals surface area contributed by atoms with Crippen molar-refractivity contribution in [2.45, 2.75) is 11.3 Å². The lowest BCUT2D eigenvalue weighted by Crippen LogP contribution is -2.34. The summed E-state index contributed by atoms with van der Waals surface area (Å²) in [6, 6.07) is 5.06. The normalized spacial score (nSPS) is 14.7. The number of thiol groups is 1. The first-order valence-electron chi connectivity index (χ1n) is 3.97. The molecule has 0 heterocycles. The van der Waals surface area contributed by atoms with Gasteiger partial charge >= 0.3 is 5.97 Å². The van der Waals surface area contributed by atoms with E-state index < -0.39 is 17.3 Å². The van der Waals surface area contributed by atoms with Gasteiger partial charge in [-0.1, -0.05) is 12.1 Å². The molecule has 4 nitrogen and oxygen atoms in total. The van der Waals surface area contributed by atoms with Crippen LogP contribution >= 0.6 is 12.6 Å². The summed E-state index contributed by atoms with van der Waals surface area (Å²) in [6.07, 6.45) is 0. The van der Waals surface area contributed by atoms with Gasteiger partial charge in [0.05, 0.1) is 5.25 Å². The van der Waals surface area contributed by atoms with Crippen LogP contribution in [0.5, 0.6) is 5.75 Å². The van der Waals surface area contributed by atoms with Crippen molar-refractivity contribution in [2.24, 2.45) is 5.73 Å². The average Bonchev–Trinajstić information content (AvgIpc) is 2.16. The van der Waals surface area contributed by atoms with Crippen LogP contribution in [0.1, 0.15) is 10.8 Å². The number of hydrogen-bond acceptors (Lipinski definition) is 4. The Bertz CT molecular complexity index is 325. The summed E-state index contributed by atoms with van der Waals surface area (Å²) in [6.45, 7) is 0. The molecule has 14 heavy (non-hydrogen) atoms. The van der Waals surface area contributed by atoms with Crippen LogP contribution in [0.2, 0.25) is 0 Å². The van der Waals surface area contributed by atoms with Gasteiger partial charge in [-0.2, -0.15) is 12.6 Å². The van der Waals surface area contributed by atoms with Gasteiger partial charge < -0.3 is 15.9 Å². The molecule has 4 N–H and O–H groups in total. The van der Waals surface area contributed by atoms with Crippen LogP contribution in [0, 0.1) is 0 Å². The molecule has 0 aromatic heterocycles. The van der Waals surface area contributed by atoms with Gasteiger partial charge in [0.2, 0.25) is 0 Å². The molecule has 0 fully saturated rings. The molecular weight excluding hydrogens is 202 g/mol. The number of phenols is 1. The summed E-state index contributed by atoms with van der Waals surface area (Å²) in [5, 5.41) is 17.1. The fourth-order valence-electron chi connectivity index (χ4n) is 1.01. The lowest BCUT2D eigenvalue weighted by molar-refractivity contribution is -0.138. The van der Waals surface area contributed by atoms with Crippen LogP contribution in [-0.2, 0) is 4.79 Å². The summed E-state index contributed by atoms with van der Waals surface area (Å²) in [5.74, 6) is -0.976. The van der Waals surface area contributed by atoms with Crippen LogP contribution in [0.3, 0.4) is 0 Å². The second-order valence-electron chi connectivity index (χ2n) is 2.90. The zero-order valence-corrected chi connectivity index (χ0v) is 8.19. The maximum atomic E-state index is 10.6. The highest BCUT2D eigenvalue weighted by molar-refractivity contribution is 7.80. The van der Waals surface area contributed by atoms with Crippen molar-refractivity contribution in [3.05, 3.63) is 29.8 Å². The van der Waals surface area contributed by atoms with Gasteiger partial charge in [0, 0.05) is 0 Å². The van der Waals surface area contributed by atoms with Crippen LogP contribution in [0.25, 0.3) is 0 Å². The van der Waals surface area contributed by atoms with Crippen molar-refractivity contribution < 1.29 is 15.0 Å². The lowest BCUT2D eigenvalue weighted by atomic mass is 10.1. The molecule has 76 valence electrons. The fourth-order valence-corrected chi connectivity index (χ4v) is 1.31.